The number of nitrogens with zero attached hydrogens (tertiary/aromatic N) is 2. The zero-order valence-corrected chi connectivity index (χ0v) is 12.6. The van der Waals surface area contributed by atoms with E-state index in [4.69, 9.17) is 17.3 Å². The van der Waals surface area contributed by atoms with Gasteiger partial charge in [0.2, 0.25) is 5.91 Å². The van der Waals surface area contributed by atoms with Crippen molar-refractivity contribution in [1.29, 1.82) is 0 Å². The van der Waals surface area contributed by atoms with Gasteiger partial charge in [-0.3, -0.25) is 9.59 Å². The van der Waals surface area contributed by atoms with Crippen LogP contribution >= 0.6 is 11.6 Å². The molecule has 18 heavy (non-hydrogen) atoms. The third kappa shape index (κ3) is 4.87. The van der Waals surface area contributed by atoms with Crippen molar-refractivity contribution < 1.29 is 4.79 Å². The molecular formula is C12H22ClN3O2. The first-order valence-corrected chi connectivity index (χ1v) is 6.29. The van der Waals surface area contributed by atoms with Crippen LogP contribution in [0.3, 0.4) is 0 Å². The molecule has 0 bridgehead atoms. The van der Waals surface area contributed by atoms with Gasteiger partial charge in [0.15, 0.2) is 0 Å². The monoisotopic (exact) mass is 275 g/mol. The smallest absolute Gasteiger partial charge is 0.269 e. The highest BCUT2D eigenvalue weighted by molar-refractivity contribution is 6.30. The molecule has 104 valence electrons. The lowest BCUT2D eigenvalue weighted by Gasteiger charge is -2.21. The number of nitrogens with two attached hydrogens (primary N) is 1. The lowest BCUT2D eigenvalue weighted by atomic mass is 10.1. The number of hydrogen-bond donors (Lipinski definition) is 1. The molecule has 1 aromatic rings. The Kier molecular flexibility index (Phi) is 9.17. The Labute approximate surface area is 113 Å². The van der Waals surface area contributed by atoms with Crippen LogP contribution in [-0.2, 0) is 10.3 Å². The maximum atomic E-state index is 11.4. The van der Waals surface area contributed by atoms with Crippen LogP contribution in [0, 0.1) is 0 Å². The number of hydrogen-bond acceptors (Lipinski definition) is 3. The van der Waals surface area contributed by atoms with E-state index >= 15 is 0 Å². The van der Waals surface area contributed by atoms with Gasteiger partial charge >= 0.3 is 0 Å². The van der Waals surface area contributed by atoms with E-state index in [1.165, 1.54) is 26.1 Å². The van der Waals surface area contributed by atoms with Crippen molar-refractivity contribution in [1.82, 2.24) is 9.78 Å². The standard InChI is InChI=1S/C8H10ClN3O2.2C2H6/c1-8(2,7(10)14)12-6(13)3-5(9)4-11-12;2*1-2/h3-4H,1-2H3,(H2,10,14);2*1-2H3. The quantitative estimate of drug-likeness (QED) is 0.898. The largest absolute Gasteiger partial charge is 0.368 e. The average molecular weight is 276 g/mol. The van der Waals surface area contributed by atoms with Gasteiger partial charge in [-0.1, -0.05) is 39.3 Å². The predicted octanol–water partition coefficient (Wildman–Crippen LogP) is 2.17. The maximum Gasteiger partial charge on any atom is 0.269 e. The molecule has 0 atom stereocenters. The van der Waals surface area contributed by atoms with Crippen LogP contribution in [0.1, 0.15) is 41.5 Å². The van der Waals surface area contributed by atoms with Crippen molar-refractivity contribution in [3.63, 3.8) is 0 Å². The minimum Gasteiger partial charge on any atom is -0.368 e. The molecule has 0 saturated heterocycles. The number of amides is 1. The van der Waals surface area contributed by atoms with Gasteiger partial charge in [-0.15, -0.1) is 0 Å². The van der Waals surface area contributed by atoms with Crippen LogP contribution in [0.2, 0.25) is 5.02 Å². The van der Waals surface area contributed by atoms with Gasteiger partial charge in [-0.2, -0.15) is 5.10 Å². The Morgan fingerprint density at radius 2 is 1.78 bits per heavy atom. The van der Waals surface area contributed by atoms with Crippen LogP contribution in [-0.4, -0.2) is 15.7 Å². The molecule has 0 unspecified atom stereocenters. The van der Waals surface area contributed by atoms with Crippen LogP contribution < -0.4 is 11.3 Å². The summed E-state index contributed by atoms with van der Waals surface area (Å²) in [5.74, 6) is -0.630. The Hall–Kier alpha value is -1.36. The van der Waals surface area contributed by atoms with Crippen molar-refractivity contribution in [3.05, 3.63) is 27.6 Å². The average Bonchev–Trinajstić information content (AvgIpc) is 2.33. The van der Waals surface area contributed by atoms with Gasteiger partial charge in [0.25, 0.3) is 5.56 Å². The minimum atomic E-state index is -1.15. The van der Waals surface area contributed by atoms with Crippen LogP contribution in [0.15, 0.2) is 17.1 Å². The van der Waals surface area contributed by atoms with Gasteiger partial charge in [0, 0.05) is 6.07 Å². The summed E-state index contributed by atoms with van der Waals surface area (Å²) in [5, 5.41) is 3.97. The van der Waals surface area contributed by atoms with Crippen molar-refractivity contribution in [2.75, 3.05) is 0 Å². The van der Waals surface area contributed by atoms with E-state index in [0.29, 0.717) is 0 Å². The molecule has 0 spiro atoms. The summed E-state index contributed by atoms with van der Waals surface area (Å²) in [6.45, 7) is 11.0. The molecule has 2 N–H and O–H groups in total. The molecule has 1 aromatic heterocycles. The van der Waals surface area contributed by atoms with Crippen molar-refractivity contribution in [2.45, 2.75) is 47.1 Å². The number of primary amides is 1. The fourth-order valence-corrected chi connectivity index (χ4v) is 1.05. The van der Waals surface area contributed by atoms with Crippen molar-refractivity contribution >= 4 is 17.5 Å². The summed E-state index contributed by atoms with van der Waals surface area (Å²) in [5.41, 5.74) is 3.53. The molecule has 0 fully saturated rings. The summed E-state index contributed by atoms with van der Waals surface area (Å²) < 4.78 is 1.00. The minimum absolute atomic E-state index is 0.228. The summed E-state index contributed by atoms with van der Waals surface area (Å²) >= 11 is 5.55. The van der Waals surface area contributed by atoms with E-state index in [9.17, 15) is 9.59 Å². The molecule has 0 aromatic carbocycles. The lowest BCUT2D eigenvalue weighted by Crippen LogP contribution is -2.47. The third-order valence-electron chi connectivity index (χ3n) is 1.90. The van der Waals surface area contributed by atoms with Crippen molar-refractivity contribution in [3.8, 4) is 0 Å². The van der Waals surface area contributed by atoms with E-state index in [-0.39, 0.29) is 5.02 Å². The highest BCUT2D eigenvalue weighted by atomic mass is 35.5. The number of halogens is 1. The summed E-state index contributed by atoms with van der Waals surface area (Å²) in [4.78, 5) is 22.4. The highest BCUT2D eigenvalue weighted by Crippen LogP contribution is 2.10. The highest BCUT2D eigenvalue weighted by Gasteiger charge is 2.29. The Morgan fingerprint density at radius 1 is 1.33 bits per heavy atom. The molecule has 0 radical (unpaired) electrons. The molecule has 1 amide bonds. The normalized spacial score (nSPS) is 9.50. The number of carbonyl (C=O) groups excluding carboxylic acids is 1. The first-order chi connectivity index (χ1) is 8.35. The molecule has 0 aliphatic heterocycles. The SMILES string of the molecule is CC.CC.CC(C)(C(N)=O)n1ncc(Cl)cc1=O. The summed E-state index contributed by atoms with van der Waals surface area (Å²) in [6, 6.07) is 1.18. The number of aromatic nitrogens is 2. The van der Waals surface area contributed by atoms with Gasteiger partial charge in [0.05, 0.1) is 11.2 Å². The van der Waals surface area contributed by atoms with E-state index in [0.717, 1.165) is 4.68 Å². The van der Waals surface area contributed by atoms with Gasteiger partial charge < -0.3 is 5.73 Å². The first-order valence-electron chi connectivity index (χ1n) is 5.91. The lowest BCUT2D eigenvalue weighted by molar-refractivity contribution is -0.125. The van der Waals surface area contributed by atoms with E-state index in [1.54, 1.807) is 0 Å². The molecule has 6 heteroatoms. The van der Waals surface area contributed by atoms with Gasteiger partial charge in [-0.05, 0) is 13.8 Å². The maximum absolute atomic E-state index is 11.4. The fourth-order valence-electron chi connectivity index (χ4n) is 0.910. The molecular weight excluding hydrogens is 254 g/mol. The third-order valence-corrected chi connectivity index (χ3v) is 2.11. The van der Waals surface area contributed by atoms with E-state index < -0.39 is 17.0 Å². The molecule has 0 aliphatic carbocycles. The van der Waals surface area contributed by atoms with Crippen LogP contribution in [0.4, 0.5) is 0 Å². The molecule has 1 heterocycles. The topological polar surface area (TPSA) is 78.0 Å². The van der Waals surface area contributed by atoms with Gasteiger partial charge in [-0.25, -0.2) is 4.68 Å². The molecule has 0 aliphatic rings. The van der Waals surface area contributed by atoms with Crippen LogP contribution in [0.5, 0.6) is 0 Å². The second-order valence-electron chi connectivity index (χ2n) is 3.35. The molecule has 5 nitrogen and oxygen atoms in total. The van der Waals surface area contributed by atoms with Gasteiger partial charge in [0.1, 0.15) is 5.54 Å². The Balaban J connectivity index is 0. The second-order valence-corrected chi connectivity index (χ2v) is 3.78. The Bertz CT molecular complexity index is 428. The second kappa shape index (κ2) is 8.69. The van der Waals surface area contributed by atoms with Crippen molar-refractivity contribution in [2.24, 2.45) is 5.73 Å². The van der Waals surface area contributed by atoms with Crippen LogP contribution in [0.25, 0.3) is 0 Å². The molecule has 0 saturated carbocycles. The molecule has 1 rings (SSSR count). The zero-order chi connectivity index (χ0) is 14.9. The Morgan fingerprint density at radius 3 is 2.11 bits per heavy atom. The number of carbonyl (C=O) groups is 1. The fraction of sp³-hybridized carbons (Fsp3) is 0.583. The summed E-state index contributed by atoms with van der Waals surface area (Å²) in [7, 11) is 0. The number of rotatable bonds is 2. The van der Waals surface area contributed by atoms with E-state index in [1.807, 2.05) is 27.7 Å². The predicted molar refractivity (Wildman–Crippen MR) is 74.7 cm³/mol. The first kappa shape index (κ1) is 19.0. The zero-order valence-electron chi connectivity index (χ0n) is 11.8. The summed E-state index contributed by atoms with van der Waals surface area (Å²) in [6.07, 6.45) is 1.29. The van der Waals surface area contributed by atoms with E-state index in [2.05, 4.69) is 5.10 Å².